The number of nitrogens with one attached hydrogen (secondary N) is 1. The van der Waals surface area contributed by atoms with Crippen LogP contribution in [0.5, 0.6) is 0 Å². The quantitative estimate of drug-likeness (QED) is 0.747. The molecular formula is C12H26N2. The van der Waals surface area contributed by atoms with E-state index in [4.69, 9.17) is 0 Å². The Balaban J connectivity index is 2.52. The summed E-state index contributed by atoms with van der Waals surface area (Å²) in [6.07, 6.45) is 1.31. The predicted molar refractivity (Wildman–Crippen MR) is 62.6 cm³/mol. The van der Waals surface area contributed by atoms with Crippen LogP contribution in [0.15, 0.2) is 0 Å². The molecule has 84 valence electrons. The molecule has 0 spiro atoms. The topological polar surface area (TPSA) is 15.3 Å². The standard InChI is InChI=1S/C12H26N2/c1-10(2)6-7-14-11(3)8-13-9-12(14,4)5/h10-11,13H,6-9H2,1-5H3. The molecule has 1 N–H and O–H groups in total. The molecule has 1 atom stereocenters. The zero-order valence-corrected chi connectivity index (χ0v) is 10.4. The van der Waals surface area contributed by atoms with Crippen LogP contribution in [-0.2, 0) is 0 Å². The maximum atomic E-state index is 3.50. The smallest absolute Gasteiger partial charge is 0.0281 e. The van der Waals surface area contributed by atoms with E-state index in [2.05, 4.69) is 44.8 Å². The first kappa shape index (κ1) is 12.0. The highest BCUT2D eigenvalue weighted by molar-refractivity contribution is 4.92. The Labute approximate surface area is 89.1 Å². The third-order valence-electron chi connectivity index (χ3n) is 3.25. The Morgan fingerprint density at radius 2 is 2.07 bits per heavy atom. The first-order valence-electron chi connectivity index (χ1n) is 5.91. The van der Waals surface area contributed by atoms with Crippen LogP contribution in [0.2, 0.25) is 0 Å². The zero-order valence-electron chi connectivity index (χ0n) is 10.4. The van der Waals surface area contributed by atoms with Gasteiger partial charge in [0, 0.05) is 24.7 Å². The summed E-state index contributed by atoms with van der Waals surface area (Å²) in [6.45, 7) is 15.1. The van der Waals surface area contributed by atoms with Gasteiger partial charge in [-0.25, -0.2) is 0 Å². The van der Waals surface area contributed by atoms with E-state index in [0.29, 0.717) is 11.6 Å². The lowest BCUT2D eigenvalue weighted by atomic mass is 9.95. The van der Waals surface area contributed by atoms with Gasteiger partial charge in [-0.1, -0.05) is 13.8 Å². The van der Waals surface area contributed by atoms with Crippen LogP contribution in [0, 0.1) is 5.92 Å². The average molecular weight is 198 g/mol. The molecule has 1 fully saturated rings. The van der Waals surface area contributed by atoms with Gasteiger partial charge in [0.05, 0.1) is 0 Å². The zero-order chi connectivity index (χ0) is 10.8. The van der Waals surface area contributed by atoms with Gasteiger partial charge in [-0.2, -0.15) is 0 Å². The third-order valence-corrected chi connectivity index (χ3v) is 3.25. The van der Waals surface area contributed by atoms with Crippen molar-refractivity contribution < 1.29 is 0 Å². The van der Waals surface area contributed by atoms with Gasteiger partial charge in [-0.05, 0) is 39.7 Å². The highest BCUT2D eigenvalue weighted by Crippen LogP contribution is 2.21. The van der Waals surface area contributed by atoms with Crippen molar-refractivity contribution in [3.8, 4) is 0 Å². The molecule has 1 aliphatic heterocycles. The van der Waals surface area contributed by atoms with E-state index >= 15 is 0 Å². The van der Waals surface area contributed by atoms with Crippen LogP contribution < -0.4 is 5.32 Å². The van der Waals surface area contributed by atoms with E-state index < -0.39 is 0 Å². The fourth-order valence-electron chi connectivity index (χ4n) is 2.32. The average Bonchev–Trinajstić information content (AvgIpc) is 2.01. The lowest BCUT2D eigenvalue weighted by Crippen LogP contribution is -2.62. The molecule has 0 saturated carbocycles. The molecule has 0 amide bonds. The molecule has 0 aliphatic carbocycles. The van der Waals surface area contributed by atoms with Crippen molar-refractivity contribution >= 4 is 0 Å². The summed E-state index contributed by atoms with van der Waals surface area (Å²) < 4.78 is 0. The summed E-state index contributed by atoms with van der Waals surface area (Å²) in [5.41, 5.74) is 0.326. The van der Waals surface area contributed by atoms with E-state index in [0.717, 1.165) is 19.0 Å². The second-order valence-electron chi connectivity index (χ2n) is 5.67. The normalized spacial score (nSPS) is 28.3. The predicted octanol–water partition coefficient (Wildman–Crippen LogP) is 2.10. The van der Waals surface area contributed by atoms with E-state index in [9.17, 15) is 0 Å². The van der Waals surface area contributed by atoms with Crippen LogP contribution in [0.1, 0.15) is 41.0 Å². The molecule has 0 bridgehead atoms. The minimum atomic E-state index is 0.326. The summed E-state index contributed by atoms with van der Waals surface area (Å²) in [4.78, 5) is 2.66. The van der Waals surface area contributed by atoms with E-state index in [1.807, 2.05) is 0 Å². The minimum Gasteiger partial charge on any atom is -0.313 e. The fourth-order valence-corrected chi connectivity index (χ4v) is 2.32. The van der Waals surface area contributed by atoms with Crippen LogP contribution in [-0.4, -0.2) is 36.1 Å². The van der Waals surface area contributed by atoms with E-state index in [-0.39, 0.29) is 0 Å². The lowest BCUT2D eigenvalue weighted by molar-refractivity contribution is 0.0413. The third kappa shape index (κ3) is 2.96. The highest BCUT2D eigenvalue weighted by Gasteiger charge is 2.33. The van der Waals surface area contributed by atoms with Gasteiger partial charge < -0.3 is 5.32 Å². The molecule has 0 aromatic heterocycles. The van der Waals surface area contributed by atoms with E-state index in [1.54, 1.807) is 0 Å². The largest absolute Gasteiger partial charge is 0.313 e. The second-order valence-corrected chi connectivity index (χ2v) is 5.67. The Morgan fingerprint density at radius 3 is 2.57 bits per heavy atom. The van der Waals surface area contributed by atoms with Crippen LogP contribution in [0.4, 0.5) is 0 Å². The van der Waals surface area contributed by atoms with E-state index in [1.165, 1.54) is 13.0 Å². The van der Waals surface area contributed by atoms with Gasteiger partial charge in [0.15, 0.2) is 0 Å². The number of rotatable bonds is 3. The molecule has 1 saturated heterocycles. The van der Waals surface area contributed by atoms with Crippen molar-refractivity contribution in [1.82, 2.24) is 10.2 Å². The maximum Gasteiger partial charge on any atom is 0.0281 e. The van der Waals surface area contributed by atoms with Gasteiger partial charge in [0.25, 0.3) is 0 Å². The molecule has 0 aromatic rings. The summed E-state index contributed by atoms with van der Waals surface area (Å²) in [5, 5.41) is 3.50. The molecule has 1 rings (SSSR count). The number of piperazine rings is 1. The number of hydrogen-bond donors (Lipinski definition) is 1. The van der Waals surface area contributed by atoms with Gasteiger partial charge in [0.1, 0.15) is 0 Å². The van der Waals surface area contributed by atoms with Crippen molar-refractivity contribution in [3.63, 3.8) is 0 Å². The summed E-state index contributed by atoms with van der Waals surface area (Å²) in [5.74, 6) is 0.813. The lowest BCUT2D eigenvalue weighted by Gasteiger charge is -2.47. The van der Waals surface area contributed by atoms with Crippen LogP contribution >= 0.6 is 0 Å². The molecule has 2 heteroatoms. The van der Waals surface area contributed by atoms with Crippen molar-refractivity contribution in [2.45, 2.75) is 52.6 Å². The minimum absolute atomic E-state index is 0.326. The van der Waals surface area contributed by atoms with Crippen LogP contribution in [0.25, 0.3) is 0 Å². The van der Waals surface area contributed by atoms with Crippen molar-refractivity contribution in [3.05, 3.63) is 0 Å². The Kier molecular flexibility index (Phi) is 3.96. The first-order chi connectivity index (χ1) is 6.43. The molecular weight excluding hydrogens is 172 g/mol. The first-order valence-corrected chi connectivity index (χ1v) is 5.91. The Bertz CT molecular complexity index is 175. The number of nitrogens with zero attached hydrogens (tertiary/aromatic N) is 1. The summed E-state index contributed by atoms with van der Waals surface area (Å²) in [6, 6.07) is 0.678. The fraction of sp³-hybridized carbons (Fsp3) is 1.00. The summed E-state index contributed by atoms with van der Waals surface area (Å²) in [7, 11) is 0. The maximum absolute atomic E-state index is 3.50. The van der Waals surface area contributed by atoms with Crippen LogP contribution in [0.3, 0.4) is 0 Å². The van der Waals surface area contributed by atoms with Crippen molar-refractivity contribution in [2.75, 3.05) is 19.6 Å². The Hall–Kier alpha value is -0.0800. The number of hydrogen-bond acceptors (Lipinski definition) is 2. The van der Waals surface area contributed by atoms with Gasteiger partial charge >= 0.3 is 0 Å². The van der Waals surface area contributed by atoms with Gasteiger partial charge in [0.2, 0.25) is 0 Å². The van der Waals surface area contributed by atoms with Gasteiger partial charge in [-0.3, -0.25) is 4.90 Å². The summed E-state index contributed by atoms with van der Waals surface area (Å²) >= 11 is 0. The van der Waals surface area contributed by atoms with Gasteiger partial charge in [-0.15, -0.1) is 0 Å². The van der Waals surface area contributed by atoms with Crippen molar-refractivity contribution in [2.24, 2.45) is 5.92 Å². The molecule has 14 heavy (non-hydrogen) atoms. The molecule has 1 aliphatic rings. The molecule has 0 aromatic carbocycles. The SMILES string of the molecule is CC(C)CCN1C(C)CNCC1(C)C. The highest BCUT2D eigenvalue weighted by atomic mass is 15.3. The molecule has 1 heterocycles. The Morgan fingerprint density at radius 1 is 1.43 bits per heavy atom. The van der Waals surface area contributed by atoms with Crippen molar-refractivity contribution in [1.29, 1.82) is 0 Å². The monoisotopic (exact) mass is 198 g/mol. The molecule has 0 radical (unpaired) electrons. The molecule has 2 nitrogen and oxygen atoms in total. The second kappa shape index (κ2) is 4.63. The molecule has 1 unspecified atom stereocenters.